The first-order valence-corrected chi connectivity index (χ1v) is 7.02. The zero-order valence-corrected chi connectivity index (χ0v) is 13.2. The molecule has 0 bridgehead atoms. The van der Waals surface area contributed by atoms with Crippen molar-refractivity contribution < 1.29 is 18.3 Å². The number of ether oxygens (including phenoxy) is 1. The third-order valence-electron chi connectivity index (χ3n) is 3.81. The molecule has 2 rings (SSSR count). The minimum absolute atomic E-state index is 0. The van der Waals surface area contributed by atoms with E-state index in [-0.39, 0.29) is 29.5 Å². The molecule has 1 aromatic rings. The van der Waals surface area contributed by atoms with Crippen molar-refractivity contribution >= 4 is 18.3 Å². The van der Waals surface area contributed by atoms with Crippen LogP contribution in [0.3, 0.4) is 0 Å². The topological polar surface area (TPSA) is 50.4 Å². The second-order valence-corrected chi connectivity index (χ2v) is 5.65. The Balaban J connectivity index is 0.00000242. The van der Waals surface area contributed by atoms with Crippen LogP contribution >= 0.6 is 12.4 Å². The third-order valence-corrected chi connectivity index (χ3v) is 3.81. The van der Waals surface area contributed by atoms with E-state index in [9.17, 15) is 13.6 Å². The standard InChI is InChI=1S/C15H20F2N2O2.ClH/c1-15(5-7-18-8-6-15)10-19-13(20)11-3-2-4-12(9-11)21-14(16)17;/h2-4,9,14,18H,5-8,10H2,1H3,(H,19,20);1H. The van der Waals surface area contributed by atoms with Crippen LogP contribution in [0.5, 0.6) is 5.75 Å². The van der Waals surface area contributed by atoms with E-state index in [0.717, 1.165) is 25.9 Å². The van der Waals surface area contributed by atoms with Gasteiger partial charge < -0.3 is 15.4 Å². The first-order chi connectivity index (χ1) is 9.98. The van der Waals surface area contributed by atoms with Crippen LogP contribution in [0, 0.1) is 5.41 Å². The van der Waals surface area contributed by atoms with Crippen molar-refractivity contribution in [1.29, 1.82) is 0 Å². The van der Waals surface area contributed by atoms with Crippen molar-refractivity contribution in [3.8, 4) is 5.75 Å². The van der Waals surface area contributed by atoms with E-state index in [1.807, 2.05) is 0 Å². The highest BCUT2D eigenvalue weighted by atomic mass is 35.5. The van der Waals surface area contributed by atoms with Crippen LogP contribution in [-0.4, -0.2) is 32.2 Å². The van der Waals surface area contributed by atoms with Crippen molar-refractivity contribution in [3.63, 3.8) is 0 Å². The summed E-state index contributed by atoms with van der Waals surface area (Å²) >= 11 is 0. The highest BCUT2D eigenvalue weighted by molar-refractivity contribution is 5.94. The lowest BCUT2D eigenvalue weighted by atomic mass is 9.81. The van der Waals surface area contributed by atoms with Crippen molar-refractivity contribution in [2.24, 2.45) is 5.41 Å². The molecule has 0 radical (unpaired) electrons. The van der Waals surface area contributed by atoms with Crippen LogP contribution in [0.1, 0.15) is 30.1 Å². The van der Waals surface area contributed by atoms with Crippen molar-refractivity contribution in [3.05, 3.63) is 29.8 Å². The lowest BCUT2D eigenvalue weighted by Gasteiger charge is -2.34. The summed E-state index contributed by atoms with van der Waals surface area (Å²) < 4.78 is 28.6. The molecule has 0 saturated carbocycles. The molecular weight excluding hydrogens is 314 g/mol. The summed E-state index contributed by atoms with van der Waals surface area (Å²) in [5, 5.41) is 6.16. The Labute approximate surface area is 135 Å². The summed E-state index contributed by atoms with van der Waals surface area (Å²) in [5.74, 6) is -0.278. The molecule has 0 unspecified atom stereocenters. The largest absolute Gasteiger partial charge is 0.435 e. The molecule has 4 nitrogen and oxygen atoms in total. The van der Waals surface area contributed by atoms with E-state index in [1.165, 1.54) is 18.2 Å². The molecule has 1 aromatic carbocycles. The van der Waals surface area contributed by atoms with Crippen LogP contribution in [0.4, 0.5) is 8.78 Å². The Bertz CT molecular complexity index is 494. The minimum Gasteiger partial charge on any atom is -0.435 e. The molecule has 1 heterocycles. The molecule has 7 heteroatoms. The monoisotopic (exact) mass is 334 g/mol. The summed E-state index contributed by atoms with van der Waals surface area (Å²) in [7, 11) is 0. The van der Waals surface area contributed by atoms with E-state index >= 15 is 0 Å². The summed E-state index contributed by atoms with van der Waals surface area (Å²) in [6.45, 7) is 1.73. The van der Waals surface area contributed by atoms with E-state index < -0.39 is 6.61 Å². The van der Waals surface area contributed by atoms with Gasteiger partial charge in [-0.05, 0) is 49.5 Å². The predicted octanol–water partition coefficient (Wildman–Crippen LogP) is 2.83. The van der Waals surface area contributed by atoms with Crippen molar-refractivity contribution in [2.75, 3.05) is 19.6 Å². The molecule has 0 aliphatic carbocycles. The van der Waals surface area contributed by atoms with Crippen LogP contribution in [0.25, 0.3) is 0 Å². The van der Waals surface area contributed by atoms with Gasteiger partial charge in [-0.15, -0.1) is 12.4 Å². The first kappa shape index (κ1) is 18.6. The first-order valence-electron chi connectivity index (χ1n) is 7.02. The average molecular weight is 335 g/mol. The molecule has 2 N–H and O–H groups in total. The van der Waals surface area contributed by atoms with Crippen LogP contribution in [-0.2, 0) is 0 Å². The van der Waals surface area contributed by atoms with Gasteiger partial charge in [0.15, 0.2) is 0 Å². The molecule has 1 fully saturated rings. The van der Waals surface area contributed by atoms with E-state index in [2.05, 4.69) is 22.3 Å². The molecule has 0 aromatic heterocycles. The fraction of sp³-hybridized carbons (Fsp3) is 0.533. The zero-order chi connectivity index (χ0) is 15.3. The number of alkyl halides is 2. The summed E-state index contributed by atoms with van der Waals surface area (Å²) in [5.41, 5.74) is 0.406. The number of carbonyl (C=O) groups is 1. The van der Waals surface area contributed by atoms with Gasteiger partial charge in [0.05, 0.1) is 0 Å². The van der Waals surface area contributed by atoms with Gasteiger partial charge in [0.25, 0.3) is 5.91 Å². The number of halogens is 3. The molecule has 1 amide bonds. The van der Waals surface area contributed by atoms with Crippen molar-refractivity contribution in [2.45, 2.75) is 26.4 Å². The summed E-state index contributed by atoms with van der Waals surface area (Å²) in [6, 6.07) is 5.83. The van der Waals surface area contributed by atoms with Gasteiger partial charge in [-0.1, -0.05) is 13.0 Å². The summed E-state index contributed by atoms with van der Waals surface area (Å²) in [4.78, 5) is 12.1. The quantitative estimate of drug-likeness (QED) is 0.870. The number of amides is 1. The number of hydrogen-bond donors (Lipinski definition) is 2. The number of piperidine rings is 1. The minimum atomic E-state index is -2.89. The van der Waals surface area contributed by atoms with Crippen molar-refractivity contribution in [1.82, 2.24) is 10.6 Å². The van der Waals surface area contributed by atoms with E-state index in [0.29, 0.717) is 12.1 Å². The highest BCUT2D eigenvalue weighted by Gasteiger charge is 2.27. The summed E-state index contributed by atoms with van der Waals surface area (Å²) in [6.07, 6.45) is 2.00. The van der Waals surface area contributed by atoms with Gasteiger partial charge >= 0.3 is 6.61 Å². The Hall–Kier alpha value is -1.40. The number of nitrogens with one attached hydrogen (secondary N) is 2. The predicted molar refractivity (Wildman–Crippen MR) is 82.9 cm³/mol. The molecule has 0 spiro atoms. The maximum atomic E-state index is 12.2. The number of benzene rings is 1. The molecule has 1 aliphatic rings. The van der Waals surface area contributed by atoms with Gasteiger partial charge in [-0.2, -0.15) is 8.78 Å². The van der Waals surface area contributed by atoms with Gasteiger partial charge in [-0.25, -0.2) is 0 Å². The molecule has 22 heavy (non-hydrogen) atoms. The number of carbonyl (C=O) groups excluding carboxylic acids is 1. The third kappa shape index (κ3) is 5.42. The molecular formula is C15H21ClF2N2O2. The Kier molecular flexibility index (Phi) is 7.03. The number of rotatable bonds is 5. The second kappa shape index (κ2) is 8.29. The Morgan fingerprint density at radius 2 is 2.09 bits per heavy atom. The molecule has 124 valence electrons. The number of hydrogen-bond acceptors (Lipinski definition) is 3. The van der Waals surface area contributed by atoms with E-state index in [4.69, 9.17) is 0 Å². The van der Waals surface area contributed by atoms with Crippen LogP contribution in [0.15, 0.2) is 24.3 Å². The highest BCUT2D eigenvalue weighted by Crippen LogP contribution is 2.26. The molecule has 1 saturated heterocycles. The second-order valence-electron chi connectivity index (χ2n) is 5.65. The molecule has 1 aliphatic heterocycles. The van der Waals surface area contributed by atoms with E-state index in [1.54, 1.807) is 6.07 Å². The Morgan fingerprint density at radius 3 is 2.73 bits per heavy atom. The molecule has 0 atom stereocenters. The van der Waals surface area contributed by atoms with Crippen LogP contribution < -0.4 is 15.4 Å². The average Bonchev–Trinajstić information content (AvgIpc) is 2.45. The maximum absolute atomic E-state index is 12.2. The van der Waals surface area contributed by atoms with Gasteiger partial charge in [0, 0.05) is 12.1 Å². The fourth-order valence-electron chi connectivity index (χ4n) is 2.42. The van der Waals surface area contributed by atoms with Gasteiger partial charge in [0.2, 0.25) is 0 Å². The van der Waals surface area contributed by atoms with Crippen LogP contribution in [0.2, 0.25) is 0 Å². The smallest absolute Gasteiger partial charge is 0.387 e. The van der Waals surface area contributed by atoms with Gasteiger partial charge in [-0.3, -0.25) is 4.79 Å². The van der Waals surface area contributed by atoms with Gasteiger partial charge in [0.1, 0.15) is 5.75 Å². The normalized spacial score (nSPS) is 16.7. The Morgan fingerprint density at radius 1 is 1.41 bits per heavy atom. The maximum Gasteiger partial charge on any atom is 0.387 e. The fourth-order valence-corrected chi connectivity index (χ4v) is 2.42. The SMILES string of the molecule is CC1(CNC(=O)c2cccc(OC(F)F)c2)CCNCC1.Cl. The lowest BCUT2D eigenvalue weighted by molar-refractivity contribution is -0.0498. The lowest BCUT2D eigenvalue weighted by Crippen LogP contribution is -2.42. The zero-order valence-electron chi connectivity index (χ0n) is 12.4.